The normalized spacial score (nSPS) is 17.1. The van der Waals surface area contributed by atoms with Gasteiger partial charge in [-0.15, -0.1) is 0 Å². The van der Waals surface area contributed by atoms with Gasteiger partial charge in [0.2, 0.25) is 0 Å². The number of halogens is 1. The first kappa shape index (κ1) is 16.0. The summed E-state index contributed by atoms with van der Waals surface area (Å²) < 4.78 is 17.3. The molecule has 1 aliphatic rings. The van der Waals surface area contributed by atoms with Gasteiger partial charge in [0.15, 0.2) is 0 Å². The number of alkyl halides is 1. The van der Waals surface area contributed by atoms with E-state index in [1.807, 2.05) is 47.4 Å². The van der Waals surface area contributed by atoms with Crippen molar-refractivity contribution in [1.82, 2.24) is 24.5 Å². The summed E-state index contributed by atoms with van der Waals surface area (Å²) in [6, 6.07) is 10.2. The Kier molecular flexibility index (Phi) is 3.67. The van der Waals surface area contributed by atoms with E-state index < -0.39 is 6.17 Å². The van der Waals surface area contributed by atoms with E-state index in [0.717, 1.165) is 33.5 Å². The van der Waals surface area contributed by atoms with Crippen LogP contribution in [-0.4, -0.2) is 43.8 Å². The average Bonchev–Trinajstić information content (AvgIpc) is 3.41. The Morgan fingerprint density at radius 2 is 2.00 bits per heavy atom. The van der Waals surface area contributed by atoms with E-state index >= 15 is 0 Å². The number of hydrogen-bond donors (Lipinski definition) is 0. The number of hydrogen-bond acceptors (Lipinski definition) is 4. The van der Waals surface area contributed by atoms with Crippen molar-refractivity contribution in [2.75, 3.05) is 18.0 Å². The highest BCUT2D eigenvalue weighted by Gasteiger charge is 2.23. The highest BCUT2D eigenvalue weighted by atomic mass is 19.1. The molecule has 136 valence electrons. The van der Waals surface area contributed by atoms with Gasteiger partial charge in [0.25, 0.3) is 0 Å². The maximum Gasteiger partial charge on any atom is 0.130 e. The number of rotatable bonds is 3. The van der Waals surface area contributed by atoms with E-state index in [9.17, 15) is 4.39 Å². The molecule has 0 bridgehead atoms. The quantitative estimate of drug-likeness (QED) is 0.561. The molecule has 3 aromatic heterocycles. The summed E-state index contributed by atoms with van der Waals surface area (Å²) >= 11 is 0. The second-order valence-corrected chi connectivity index (χ2v) is 6.94. The standard InChI is InChI=1S/C20H19FN6/c1-25-12-16(11-23-25)14-2-3-15-10-24-27(19(15)8-14)18-4-6-22-20(9-18)26-7-5-17(21)13-26/h2-4,6,8-12,17H,5,7,13H2,1H3/t17-/m0/s1. The minimum Gasteiger partial charge on any atom is -0.354 e. The summed E-state index contributed by atoms with van der Waals surface area (Å²) in [5, 5.41) is 9.88. The Hall–Kier alpha value is -3.22. The van der Waals surface area contributed by atoms with Gasteiger partial charge in [-0.05, 0) is 24.1 Å². The van der Waals surface area contributed by atoms with Crippen LogP contribution < -0.4 is 4.90 Å². The van der Waals surface area contributed by atoms with Crippen molar-refractivity contribution < 1.29 is 4.39 Å². The van der Waals surface area contributed by atoms with Gasteiger partial charge in [-0.2, -0.15) is 10.2 Å². The lowest BCUT2D eigenvalue weighted by molar-refractivity contribution is 0.364. The summed E-state index contributed by atoms with van der Waals surface area (Å²) in [5.74, 6) is 0.791. The molecule has 0 radical (unpaired) electrons. The van der Waals surface area contributed by atoms with Gasteiger partial charge in [0.05, 0.1) is 30.1 Å². The maximum absolute atomic E-state index is 13.6. The third-order valence-corrected chi connectivity index (χ3v) is 5.04. The van der Waals surface area contributed by atoms with Crippen LogP contribution in [0.15, 0.2) is 55.1 Å². The Bertz CT molecular complexity index is 1110. The van der Waals surface area contributed by atoms with Gasteiger partial charge >= 0.3 is 0 Å². The number of anilines is 1. The van der Waals surface area contributed by atoms with Crippen LogP contribution >= 0.6 is 0 Å². The van der Waals surface area contributed by atoms with Crippen molar-refractivity contribution in [2.45, 2.75) is 12.6 Å². The van der Waals surface area contributed by atoms with Crippen LogP contribution in [0.2, 0.25) is 0 Å². The lowest BCUT2D eigenvalue weighted by Gasteiger charge is -2.17. The zero-order valence-electron chi connectivity index (χ0n) is 15.0. The van der Waals surface area contributed by atoms with Gasteiger partial charge in [-0.1, -0.05) is 12.1 Å². The molecule has 0 spiro atoms. The molecule has 1 atom stereocenters. The van der Waals surface area contributed by atoms with Crippen molar-refractivity contribution >= 4 is 16.7 Å². The summed E-state index contributed by atoms with van der Waals surface area (Å²) in [4.78, 5) is 6.41. The zero-order valence-corrected chi connectivity index (χ0v) is 15.0. The van der Waals surface area contributed by atoms with Crippen molar-refractivity contribution in [1.29, 1.82) is 0 Å². The molecule has 6 nitrogen and oxygen atoms in total. The first-order chi connectivity index (χ1) is 13.2. The smallest absolute Gasteiger partial charge is 0.130 e. The molecule has 0 amide bonds. The predicted molar refractivity (Wildman–Crippen MR) is 103 cm³/mol. The van der Waals surface area contributed by atoms with Crippen LogP contribution in [0.4, 0.5) is 10.2 Å². The second-order valence-electron chi connectivity index (χ2n) is 6.94. The molecule has 1 aliphatic heterocycles. The fraction of sp³-hybridized carbons (Fsp3) is 0.250. The topological polar surface area (TPSA) is 51.8 Å². The van der Waals surface area contributed by atoms with E-state index in [-0.39, 0.29) is 0 Å². The minimum atomic E-state index is -0.775. The SMILES string of the molecule is Cn1cc(-c2ccc3cnn(-c4ccnc(N5CC[C@H](F)C5)c4)c3c2)cn1. The third-order valence-electron chi connectivity index (χ3n) is 5.04. The van der Waals surface area contributed by atoms with Crippen LogP contribution in [0, 0.1) is 0 Å². The largest absolute Gasteiger partial charge is 0.354 e. The van der Waals surface area contributed by atoms with E-state index in [4.69, 9.17) is 0 Å². The maximum atomic E-state index is 13.6. The van der Waals surface area contributed by atoms with E-state index in [1.165, 1.54) is 0 Å². The van der Waals surface area contributed by atoms with E-state index in [1.54, 1.807) is 10.9 Å². The van der Waals surface area contributed by atoms with Gasteiger partial charge in [0.1, 0.15) is 12.0 Å². The first-order valence-corrected chi connectivity index (χ1v) is 9.00. The van der Waals surface area contributed by atoms with E-state index in [2.05, 4.69) is 33.4 Å². The lowest BCUT2D eigenvalue weighted by Crippen LogP contribution is -2.21. The van der Waals surface area contributed by atoms with Gasteiger partial charge in [0, 0.05) is 43.0 Å². The van der Waals surface area contributed by atoms with E-state index in [0.29, 0.717) is 19.5 Å². The fourth-order valence-corrected chi connectivity index (χ4v) is 3.61. The number of nitrogens with zero attached hydrogens (tertiary/aromatic N) is 6. The summed E-state index contributed by atoms with van der Waals surface area (Å²) in [6.45, 7) is 1.10. The summed E-state index contributed by atoms with van der Waals surface area (Å²) in [7, 11) is 1.91. The highest BCUT2D eigenvalue weighted by molar-refractivity contribution is 5.85. The summed E-state index contributed by atoms with van der Waals surface area (Å²) in [6.07, 6.45) is 7.25. The number of pyridine rings is 1. The Morgan fingerprint density at radius 1 is 1.07 bits per heavy atom. The van der Waals surface area contributed by atoms with Gasteiger partial charge in [-0.3, -0.25) is 4.68 Å². The molecule has 0 aliphatic carbocycles. The molecule has 4 aromatic rings. The Morgan fingerprint density at radius 3 is 2.78 bits per heavy atom. The van der Waals surface area contributed by atoms with Gasteiger partial charge in [-0.25, -0.2) is 14.1 Å². The summed E-state index contributed by atoms with van der Waals surface area (Å²) in [5.41, 5.74) is 4.08. The molecule has 0 N–H and O–H groups in total. The number of aromatic nitrogens is 5. The van der Waals surface area contributed by atoms with Crippen molar-refractivity contribution in [3.63, 3.8) is 0 Å². The van der Waals surface area contributed by atoms with Gasteiger partial charge < -0.3 is 4.90 Å². The molecule has 1 fully saturated rings. The third kappa shape index (κ3) is 2.85. The molecule has 1 aromatic carbocycles. The monoisotopic (exact) mass is 362 g/mol. The first-order valence-electron chi connectivity index (χ1n) is 9.00. The molecule has 0 unspecified atom stereocenters. The molecular formula is C20H19FN6. The Balaban J connectivity index is 1.57. The molecule has 27 heavy (non-hydrogen) atoms. The zero-order chi connectivity index (χ0) is 18.4. The minimum absolute atomic E-state index is 0.404. The van der Waals surface area contributed by atoms with Crippen molar-refractivity contribution in [3.05, 3.63) is 55.1 Å². The second kappa shape index (κ2) is 6.19. The molecule has 5 rings (SSSR count). The van der Waals surface area contributed by atoms with Crippen LogP contribution in [0.25, 0.3) is 27.7 Å². The van der Waals surface area contributed by atoms with Crippen LogP contribution in [-0.2, 0) is 7.05 Å². The van der Waals surface area contributed by atoms with Crippen LogP contribution in [0.5, 0.6) is 0 Å². The molecule has 0 saturated carbocycles. The van der Waals surface area contributed by atoms with Crippen molar-refractivity contribution in [3.8, 4) is 16.8 Å². The molecule has 1 saturated heterocycles. The molecule has 4 heterocycles. The number of aryl methyl sites for hydroxylation is 1. The van der Waals surface area contributed by atoms with Crippen molar-refractivity contribution in [2.24, 2.45) is 7.05 Å². The Labute approximate surface area is 155 Å². The molecule has 7 heteroatoms. The number of benzene rings is 1. The highest BCUT2D eigenvalue weighted by Crippen LogP contribution is 2.27. The van der Waals surface area contributed by atoms with Crippen LogP contribution in [0.1, 0.15) is 6.42 Å². The molecular weight excluding hydrogens is 343 g/mol. The fourth-order valence-electron chi connectivity index (χ4n) is 3.61. The average molecular weight is 362 g/mol. The van der Waals surface area contributed by atoms with Crippen LogP contribution in [0.3, 0.4) is 0 Å². The lowest BCUT2D eigenvalue weighted by atomic mass is 10.1. The number of fused-ring (bicyclic) bond motifs is 1. The predicted octanol–water partition coefficient (Wildman–Crippen LogP) is 3.37.